The first-order chi connectivity index (χ1) is 8.75. The number of hydrogen-bond donors (Lipinski definition) is 0. The number of hydrogen-bond acceptors (Lipinski definition) is 1. The van der Waals surface area contributed by atoms with Crippen LogP contribution in [0, 0.1) is 6.92 Å². The van der Waals surface area contributed by atoms with Crippen LogP contribution in [0.5, 0.6) is 0 Å². The second-order valence-corrected chi connectivity index (χ2v) is 4.71. The van der Waals surface area contributed by atoms with Gasteiger partial charge >= 0.3 is 0 Å². The maximum Gasteiger partial charge on any atom is 0.130 e. The van der Waals surface area contributed by atoms with Crippen molar-refractivity contribution in [3.05, 3.63) is 65.3 Å². The van der Waals surface area contributed by atoms with Gasteiger partial charge in [0.2, 0.25) is 0 Å². The molecule has 2 heteroatoms. The minimum absolute atomic E-state index is 0.534. The highest BCUT2D eigenvalue weighted by molar-refractivity contribution is 6.30. The van der Waals surface area contributed by atoms with Crippen molar-refractivity contribution in [1.29, 1.82) is 0 Å². The lowest BCUT2D eigenvalue weighted by Crippen LogP contribution is -1.88. The molecule has 0 amide bonds. The lowest BCUT2D eigenvalue weighted by molar-refractivity contribution is 1.40. The van der Waals surface area contributed by atoms with Crippen LogP contribution in [0.15, 0.2) is 54.6 Å². The SMILES string of the molecule is Cc1ccccc1-c1cc(Cl)nc2ccccc12. The fourth-order valence-electron chi connectivity index (χ4n) is 2.24. The van der Waals surface area contributed by atoms with Crippen LogP contribution < -0.4 is 0 Å². The minimum Gasteiger partial charge on any atom is -0.236 e. The molecule has 1 heterocycles. The zero-order valence-electron chi connectivity index (χ0n) is 10.0. The summed E-state index contributed by atoms with van der Waals surface area (Å²) in [5.74, 6) is 0. The van der Waals surface area contributed by atoms with Crippen LogP contribution in [-0.2, 0) is 0 Å². The number of benzene rings is 2. The van der Waals surface area contributed by atoms with E-state index in [1.807, 2.05) is 36.4 Å². The number of aromatic nitrogens is 1. The topological polar surface area (TPSA) is 12.9 Å². The predicted molar refractivity (Wildman–Crippen MR) is 76.9 cm³/mol. The Morgan fingerprint density at radius 1 is 0.889 bits per heavy atom. The van der Waals surface area contributed by atoms with Crippen LogP contribution in [0.2, 0.25) is 5.15 Å². The molecule has 0 aliphatic carbocycles. The first kappa shape index (κ1) is 11.2. The molecule has 0 N–H and O–H groups in total. The van der Waals surface area contributed by atoms with Crippen molar-refractivity contribution in [2.75, 3.05) is 0 Å². The molecule has 0 radical (unpaired) electrons. The van der Waals surface area contributed by atoms with Crippen LogP contribution in [0.3, 0.4) is 0 Å². The predicted octanol–water partition coefficient (Wildman–Crippen LogP) is 4.86. The summed E-state index contributed by atoms with van der Waals surface area (Å²) in [5, 5.41) is 1.67. The third-order valence-electron chi connectivity index (χ3n) is 3.12. The minimum atomic E-state index is 0.534. The van der Waals surface area contributed by atoms with E-state index in [1.165, 1.54) is 11.1 Å². The van der Waals surface area contributed by atoms with Crippen LogP contribution >= 0.6 is 11.6 Å². The summed E-state index contributed by atoms with van der Waals surface area (Å²) in [6.45, 7) is 2.11. The number of aryl methyl sites for hydroxylation is 1. The molecule has 0 aliphatic rings. The summed E-state index contributed by atoms with van der Waals surface area (Å²) in [5.41, 5.74) is 4.52. The molecule has 3 rings (SSSR count). The zero-order valence-corrected chi connectivity index (χ0v) is 10.8. The van der Waals surface area contributed by atoms with E-state index in [1.54, 1.807) is 0 Å². The van der Waals surface area contributed by atoms with Gasteiger partial charge in [-0.05, 0) is 35.7 Å². The Morgan fingerprint density at radius 3 is 2.44 bits per heavy atom. The highest BCUT2D eigenvalue weighted by atomic mass is 35.5. The second-order valence-electron chi connectivity index (χ2n) is 4.32. The number of pyridine rings is 1. The molecule has 0 saturated heterocycles. The summed E-state index contributed by atoms with van der Waals surface area (Å²) >= 11 is 6.11. The van der Waals surface area contributed by atoms with E-state index in [0.29, 0.717) is 5.15 Å². The van der Waals surface area contributed by atoms with Gasteiger partial charge < -0.3 is 0 Å². The Bertz CT molecular complexity index is 719. The van der Waals surface area contributed by atoms with Crippen molar-refractivity contribution >= 4 is 22.5 Å². The van der Waals surface area contributed by atoms with Gasteiger partial charge in [-0.1, -0.05) is 54.1 Å². The lowest BCUT2D eigenvalue weighted by atomic mass is 9.97. The van der Waals surface area contributed by atoms with Crippen LogP contribution in [-0.4, -0.2) is 4.98 Å². The number of halogens is 1. The van der Waals surface area contributed by atoms with E-state index >= 15 is 0 Å². The summed E-state index contributed by atoms with van der Waals surface area (Å²) in [6.07, 6.45) is 0. The molecule has 1 nitrogen and oxygen atoms in total. The molecule has 3 aromatic rings. The molecule has 0 bridgehead atoms. The number of fused-ring (bicyclic) bond motifs is 1. The van der Waals surface area contributed by atoms with Gasteiger partial charge in [-0.15, -0.1) is 0 Å². The van der Waals surface area contributed by atoms with Gasteiger partial charge in [0.15, 0.2) is 0 Å². The van der Waals surface area contributed by atoms with E-state index in [2.05, 4.69) is 30.1 Å². The molecule has 2 aromatic carbocycles. The van der Waals surface area contributed by atoms with E-state index in [9.17, 15) is 0 Å². The Balaban J connectivity index is 2.39. The molecule has 0 unspecified atom stereocenters. The Hall–Kier alpha value is -1.86. The normalized spacial score (nSPS) is 10.8. The van der Waals surface area contributed by atoms with Gasteiger partial charge in [0, 0.05) is 5.39 Å². The molecule has 0 fully saturated rings. The molecule has 0 aliphatic heterocycles. The summed E-state index contributed by atoms with van der Waals surface area (Å²) in [6, 6.07) is 18.3. The highest BCUT2D eigenvalue weighted by Gasteiger charge is 2.08. The zero-order chi connectivity index (χ0) is 12.5. The number of nitrogens with zero attached hydrogens (tertiary/aromatic N) is 1. The van der Waals surface area contributed by atoms with Gasteiger partial charge in [0.1, 0.15) is 5.15 Å². The average molecular weight is 254 g/mol. The Kier molecular flexibility index (Phi) is 2.77. The van der Waals surface area contributed by atoms with Crippen molar-refractivity contribution < 1.29 is 0 Å². The standard InChI is InChI=1S/C16H12ClN/c1-11-6-2-3-7-12(11)14-10-16(17)18-15-9-5-4-8-13(14)15/h2-10H,1H3. The highest BCUT2D eigenvalue weighted by Crippen LogP contribution is 2.31. The second kappa shape index (κ2) is 4.43. The molecular formula is C16H12ClN. The van der Waals surface area contributed by atoms with Gasteiger partial charge in [0.05, 0.1) is 5.52 Å². The monoisotopic (exact) mass is 253 g/mol. The van der Waals surface area contributed by atoms with Crippen molar-refractivity contribution in [3.63, 3.8) is 0 Å². The number of rotatable bonds is 1. The quantitative estimate of drug-likeness (QED) is 0.564. The van der Waals surface area contributed by atoms with Gasteiger partial charge in [-0.2, -0.15) is 0 Å². The van der Waals surface area contributed by atoms with Crippen LogP contribution in [0.25, 0.3) is 22.0 Å². The largest absolute Gasteiger partial charge is 0.236 e. The van der Waals surface area contributed by atoms with Crippen molar-refractivity contribution in [3.8, 4) is 11.1 Å². The van der Waals surface area contributed by atoms with Crippen molar-refractivity contribution in [2.45, 2.75) is 6.92 Å². The number of para-hydroxylation sites is 1. The summed E-state index contributed by atoms with van der Waals surface area (Å²) in [7, 11) is 0. The molecule has 18 heavy (non-hydrogen) atoms. The molecule has 0 saturated carbocycles. The first-order valence-electron chi connectivity index (χ1n) is 5.87. The van der Waals surface area contributed by atoms with E-state index in [4.69, 9.17) is 11.6 Å². The third kappa shape index (κ3) is 1.87. The molecule has 0 spiro atoms. The van der Waals surface area contributed by atoms with Crippen molar-refractivity contribution in [1.82, 2.24) is 4.98 Å². The smallest absolute Gasteiger partial charge is 0.130 e. The Morgan fingerprint density at radius 2 is 1.61 bits per heavy atom. The molecule has 88 valence electrons. The summed E-state index contributed by atoms with van der Waals surface area (Å²) in [4.78, 5) is 4.36. The summed E-state index contributed by atoms with van der Waals surface area (Å²) < 4.78 is 0. The fourth-order valence-corrected chi connectivity index (χ4v) is 2.44. The maximum atomic E-state index is 6.11. The van der Waals surface area contributed by atoms with E-state index in [0.717, 1.165) is 16.5 Å². The third-order valence-corrected chi connectivity index (χ3v) is 3.31. The average Bonchev–Trinajstić information content (AvgIpc) is 2.38. The first-order valence-corrected chi connectivity index (χ1v) is 6.25. The van der Waals surface area contributed by atoms with Gasteiger partial charge in [-0.25, -0.2) is 4.98 Å². The van der Waals surface area contributed by atoms with E-state index < -0.39 is 0 Å². The molecular weight excluding hydrogens is 242 g/mol. The maximum absolute atomic E-state index is 6.11. The van der Waals surface area contributed by atoms with Crippen LogP contribution in [0.1, 0.15) is 5.56 Å². The van der Waals surface area contributed by atoms with Gasteiger partial charge in [-0.3, -0.25) is 0 Å². The fraction of sp³-hybridized carbons (Fsp3) is 0.0625. The lowest BCUT2D eigenvalue weighted by Gasteiger charge is -2.09. The molecule has 1 aromatic heterocycles. The van der Waals surface area contributed by atoms with E-state index in [-0.39, 0.29) is 0 Å². The Labute approximate surface area is 111 Å². The van der Waals surface area contributed by atoms with Gasteiger partial charge in [0.25, 0.3) is 0 Å². The van der Waals surface area contributed by atoms with Crippen LogP contribution in [0.4, 0.5) is 0 Å². The molecule has 0 atom stereocenters. The van der Waals surface area contributed by atoms with Crippen molar-refractivity contribution in [2.24, 2.45) is 0 Å².